The molecule has 2 N–H and O–H groups in total. The van der Waals surface area contributed by atoms with Gasteiger partial charge in [0.15, 0.2) is 10.8 Å². The molecular formula is C11H9Cl2N5OS. The topological polar surface area (TPSA) is 78.3 Å². The van der Waals surface area contributed by atoms with Crippen LogP contribution in [0, 0.1) is 0 Å². The molecule has 9 heteroatoms. The molecule has 0 radical (unpaired) electrons. The number of nitrogen functional groups attached to an aromatic ring is 1. The van der Waals surface area contributed by atoms with Crippen LogP contribution in [0.15, 0.2) is 12.1 Å². The van der Waals surface area contributed by atoms with Gasteiger partial charge in [0.2, 0.25) is 4.96 Å². The van der Waals surface area contributed by atoms with Gasteiger partial charge in [-0.1, -0.05) is 34.5 Å². The van der Waals surface area contributed by atoms with E-state index in [1.54, 1.807) is 23.8 Å². The predicted molar refractivity (Wildman–Crippen MR) is 79.2 cm³/mol. The van der Waals surface area contributed by atoms with Crippen LogP contribution in [0.5, 0.6) is 0 Å². The summed E-state index contributed by atoms with van der Waals surface area (Å²) >= 11 is 13.6. The molecule has 0 spiro atoms. The zero-order valence-corrected chi connectivity index (χ0v) is 12.6. The van der Waals surface area contributed by atoms with Gasteiger partial charge >= 0.3 is 0 Å². The van der Waals surface area contributed by atoms with Gasteiger partial charge in [-0.25, -0.2) is 0 Å². The Morgan fingerprint density at radius 3 is 2.80 bits per heavy atom. The average molecular weight is 330 g/mol. The highest BCUT2D eigenvalue weighted by atomic mass is 35.5. The summed E-state index contributed by atoms with van der Waals surface area (Å²) in [5.41, 5.74) is 6.99. The Kier molecular flexibility index (Phi) is 3.51. The molecule has 0 atom stereocenters. The van der Waals surface area contributed by atoms with Crippen LogP contribution in [0.1, 0.15) is 5.82 Å². The van der Waals surface area contributed by atoms with Crippen molar-refractivity contribution < 1.29 is 4.74 Å². The number of aromatic nitrogens is 4. The van der Waals surface area contributed by atoms with Crippen molar-refractivity contribution in [3.8, 4) is 10.6 Å². The summed E-state index contributed by atoms with van der Waals surface area (Å²) in [4.78, 5) is 0.641. The molecule has 0 amide bonds. The number of nitrogens with zero attached hydrogens (tertiary/aromatic N) is 4. The van der Waals surface area contributed by atoms with E-state index in [1.807, 2.05) is 0 Å². The van der Waals surface area contributed by atoms with Gasteiger partial charge in [0.1, 0.15) is 6.61 Å². The Balaban J connectivity index is 2.18. The lowest BCUT2D eigenvalue weighted by Crippen LogP contribution is -1.98. The molecule has 6 nitrogen and oxygen atoms in total. The lowest BCUT2D eigenvalue weighted by molar-refractivity contribution is 0.176. The van der Waals surface area contributed by atoms with Crippen LogP contribution in [0.2, 0.25) is 10.0 Å². The Bertz CT molecular complexity index is 785. The third-order valence-corrected chi connectivity index (χ3v) is 4.25. The Morgan fingerprint density at radius 2 is 2.05 bits per heavy atom. The van der Waals surface area contributed by atoms with Crippen molar-refractivity contribution in [1.82, 2.24) is 19.8 Å². The fraction of sp³-hybridized carbons (Fsp3) is 0.182. The zero-order valence-electron chi connectivity index (χ0n) is 10.3. The first kappa shape index (κ1) is 13.6. The summed E-state index contributed by atoms with van der Waals surface area (Å²) in [5.74, 6) is 0.613. The van der Waals surface area contributed by atoms with E-state index in [4.69, 9.17) is 33.7 Å². The highest BCUT2D eigenvalue weighted by Gasteiger charge is 2.18. The number of rotatable bonds is 3. The number of nitrogens with two attached hydrogens (primary N) is 1. The Labute approximate surface area is 128 Å². The van der Waals surface area contributed by atoms with E-state index in [0.717, 1.165) is 0 Å². The van der Waals surface area contributed by atoms with Gasteiger partial charge in [0.25, 0.3) is 0 Å². The molecule has 0 aliphatic rings. The van der Waals surface area contributed by atoms with Crippen LogP contribution in [0.25, 0.3) is 15.5 Å². The SMILES string of the molecule is COCc1nnc2sc(-c3c(Cl)ccc(Cl)c3N)nn12. The highest BCUT2D eigenvalue weighted by Crippen LogP contribution is 2.39. The van der Waals surface area contributed by atoms with Crippen LogP contribution >= 0.6 is 34.5 Å². The van der Waals surface area contributed by atoms with Gasteiger partial charge in [-0.3, -0.25) is 0 Å². The number of anilines is 1. The summed E-state index contributed by atoms with van der Waals surface area (Å²) in [6.07, 6.45) is 0. The third kappa shape index (κ3) is 2.12. The number of fused-ring (bicyclic) bond motifs is 1. The number of halogens is 2. The summed E-state index contributed by atoms with van der Waals surface area (Å²) in [6.45, 7) is 0.323. The third-order valence-electron chi connectivity index (χ3n) is 2.68. The van der Waals surface area contributed by atoms with Crippen LogP contribution in [-0.2, 0) is 11.3 Å². The number of hydrogen-bond donors (Lipinski definition) is 1. The summed E-state index contributed by atoms with van der Waals surface area (Å²) in [6, 6.07) is 3.34. The second-order valence-corrected chi connectivity index (χ2v) is 5.74. The van der Waals surface area contributed by atoms with Crippen LogP contribution < -0.4 is 5.73 Å². The van der Waals surface area contributed by atoms with E-state index in [1.165, 1.54) is 11.3 Å². The fourth-order valence-electron chi connectivity index (χ4n) is 1.76. The molecule has 0 saturated heterocycles. The number of methoxy groups -OCH3 is 1. The van der Waals surface area contributed by atoms with Crippen LogP contribution in [0.4, 0.5) is 5.69 Å². The second-order valence-electron chi connectivity index (χ2n) is 3.97. The first-order valence-corrected chi connectivity index (χ1v) is 7.13. The van der Waals surface area contributed by atoms with Crippen molar-refractivity contribution in [2.24, 2.45) is 0 Å². The minimum atomic E-state index is 0.323. The average Bonchev–Trinajstić information content (AvgIpc) is 2.97. The monoisotopic (exact) mass is 329 g/mol. The minimum absolute atomic E-state index is 0.323. The summed E-state index contributed by atoms with van der Waals surface area (Å²) in [7, 11) is 1.58. The van der Waals surface area contributed by atoms with Gasteiger partial charge in [0, 0.05) is 7.11 Å². The molecule has 0 unspecified atom stereocenters. The highest BCUT2D eigenvalue weighted by molar-refractivity contribution is 7.20. The molecule has 0 aliphatic heterocycles. The smallest absolute Gasteiger partial charge is 0.235 e. The Hall–Kier alpha value is -1.41. The molecule has 0 fully saturated rings. The van der Waals surface area contributed by atoms with E-state index in [0.29, 0.717) is 43.7 Å². The molecule has 0 bridgehead atoms. The molecule has 0 saturated carbocycles. The molecule has 20 heavy (non-hydrogen) atoms. The number of ether oxygens (including phenoxy) is 1. The van der Waals surface area contributed by atoms with Crippen molar-refractivity contribution in [1.29, 1.82) is 0 Å². The standard InChI is InChI=1S/C11H9Cl2N5OS/c1-19-4-7-15-16-11-18(7)17-10(20-11)8-5(12)2-3-6(13)9(8)14/h2-3H,4,14H2,1H3. The maximum absolute atomic E-state index is 6.19. The van der Waals surface area contributed by atoms with E-state index >= 15 is 0 Å². The fourth-order valence-corrected chi connectivity index (χ4v) is 3.16. The van der Waals surface area contributed by atoms with Crippen LogP contribution in [0.3, 0.4) is 0 Å². The zero-order chi connectivity index (χ0) is 14.3. The first-order chi connectivity index (χ1) is 9.61. The van der Waals surface area contributed by atoms with Gasteiger partial charge in [-0.05, 0) is 12.1 Å². The maximum atomic E-state index is 6.19. The van der Waals surface area contributed by atoms with E-state index < -0.39 is 0 Å². The number of hydrogen-bond acceptors (Lipinski definition) is 6. The maximum Gasteiger partial charge on any atom is 0.235 e. The van der Waals surface area contributed by atoms with Gasteiger partial charge in [0.05, 0.1) is 21.3 Å². The molecule has 2 aromatic heterocycles. The molecule has 3 aromatic rings. The molecule has 1 aromatic carbocycles. The van der Waals surface area contributed by atoms with Crippen molar-refractivity contribution in [3.63, 3.8) is 0 Å². The Morgan fingerprint density at radius 1 is 1.30 bits per heavy atom. The lowest BCUT2D eigenvalue weighted by Gasteiger charge is -2.06. The second kappa shape index (κ2) is 5.17. The number of benzene rings is 1. The van der Waals surface area contributed by atoms with Crippen LogP contribution in [-0.4, -0.2) is 26.9 Å². The summed E-state index contributed by atoms with van der Waals surface area (Å²) < 4.78 is 6.66. The van der Waals surface area contributed by atoms with E-state index in [-0.39, 0.29) is 0 Å². The van der Waals surface area contributed by atoms with E-state index in [9.17, 15) is 0 Å². The minimum Gasteiger partial charge on any atom is -0.397 e. The summed E-state index contributed by atoms with van der Waals surface area (Å²) in [5, 5.41) is 14.0. The lowest BCUT2D eigenvalue weighted by atomic mass is 10.2. The van der Waals surface area contributed by atoms with Crippen molar-refractivity contribution in [2.75, 3.05) is 12.8 Å². The van der Waals surface area contributed by atoms with Gasteiger partial charge < -0.3 is 10.5 Å². The van der Waals surface area contributed by atoms with Crippen molar-refractivity contribution in [3.05, 3.63) is 28.0 Å². The molecule has 3 rings (SSSR count). The van der Waals surface area contributed by atoms with Gasteiger partial charge in [-0.15, -0.1) is 10.2 Å². The normalized spacial score (nSPS) is 11.3. The predicted octanol–water partition coefficient (Wildman–Crippen LogP) is 2.89. The molecule has 0 aliphatic carbocycles. The quantitative estimate of drug-likeness (QED) is 0.747. The molecular weight excluding hydrogens is 321 g/mol. The van der Waals surface area contributed by atoms with Crippen molar-refractivity contribution >= 4 is 45.2 Å². The first-order valence-electron chi connectivity index (χ1n) is 5.55. The van der Waals surface area contributed by atoms with Crippen molar-refractivity contribution in [2.45, 2.75) is 6.61 Å². The molecule has 104 valence electrons. The molecule has 2 heterocycles. The van der Waals surface area contributed by atoms with Gasteiger partial charge in [-0.2, -0.15) is 9.61 Å². The van der Waals surface area contributed by atoms with E-state index in [2.05, 4.69) is 15.3 Å². The largest absolute Gasteiger partial charge is 0.397 e.